The van der Waals surface area contributed by atoms with Gasteiger partial charge in [-0.05, 0) is 30.5 Å². The van der Waals surface area contributed by atoms with E-state index in [1.165, 1.54) is 5.56 Å². The molecule has 22 heavy (non-hydrogen) atoms. The first-order valence-corrected chi connectivity index (χ1v) is 7.28. The molecule has 0 saturated heterocycles. The fourth-order valence-corrected chi connectivity index (χ4v) is 1.82. The quantitative estimate of drug-likeness (QED) is 0.557. The van der Waals surface area contributed by atoms with Crippen LogP contribution in [0.3, 0.4) is 0 Å². The first kappa shape index (κ1) is 18.4. The van der Waals surface area contributed by atoms with Crippen LogP contribution in [0.1, 0.15) is 32.3 Å². The summed E-state index contributed by atoms with van der Waals surface area (Å²) in [4.78, 5) is 12.0. The van der Waals surface area contributed by atoms with Crippen LogP contribution in [0.25, 0.3) is 0 Å². The minimum Gasteiger partial charge on any atom is -0.481 e. The second-order valence-electron chi connectivity index (χ2n) is 5.73. The first-order valence-electron chi connectivity index (χ1n) is 7.28. The highest BCUT2D eigenvalue weighted by Gasteiger charge is 2.32. The van der Waals surface area contributed by atoms with E-state index in [0.29, 0.717) is 11.7 Å². The number of ether oxygens (including phenoxy) is 1. The smallest absolute Gasteiger partial charge is 0.261 e. The van der Waals surface area contributed by atoms with Crippen molar-refractivity contribution in [2.75, 3.05) is 19.8 Å². The molecular formula is C16H25NO5. The Morgan fingerprint density at radius 3 is 2.00 bits per heavy atom. The van der Waals surface area contributed by atoms with Crippen molar-refractivity contribution in [3.05, 3.63) is 29.8 Å². The van der Waals surface area contributed by atoms with Gasteiger partial charge in [-0.1, -0.05) is 26.0 Å². The second-order valence-corrected chi connectivity index (χ2v) is 5.73. The van der Waals surface area contributed by atoms with Gasteiger partial charge in [0.15, 0.2) is 6.10 Å². The fraction of sp³-hybridized carbons (Fsp3) is 0.562. The summed E-state index contributed by atoms with van der Waals surface area (Å²) in [6.45, 7) is 4.03. The molecule has 6 heteroatoms. The molecule has 0 bridgehead atoms. The molecule has 0 aromatic heterocycles. The van der Waals surface area contributed by atoms with Gasteiger partial charge in [-0.2, -0.15) is 0 Å². The number of nitrogens with one attached hydrogen (secondary N) is 1. The number of benzene rings is 1. The lowest BCUT2D eigenvalue weighted by molar-refractivity contribution is -0.131. The first-order chi connectivity index (χ1) is 10.4. The molecule has 4 N–H and O–H groups in total. The molecule has 124 valence electrons. The van der Waals surface area contributed by atoms with E-state index in [9.17, 15) is 20.1 Å². The average molecular weight is 311 g/mol. The van der Waals surface area contributed by atoms with Crippen LogP contribution in [0.4, 0.5) is 0 Å². The lowest BCUT2D eigenvalue weighted by Crippen LogP contribution is -2.59. The van der Waals surface area contributed by atoms with Crippen LogP contribution in [-0.2, 0) is 4.79 Å². The van der Waals surface area contributed by atoms with Crippen LogP contribution in [0.5, 0.6) is 5.75 Å². The Morgan fingerprint density at radius 1 is 1.09 bits per heavy atom. The highest BCUT2D eigenvalue weighted by atomic mass is 16.5. The molecule has 0 spiro atoms. The Bertz CT molecular complexity index is 460. The van der Waals surface area contributed by atoms with E-state index < -0.39 is 37.4 Å². The minimum atomic E-state index is -1.45. The van der Waals surface area contributed by atoms with E-state index in [0.717, 1.165) is 0 Å². The van der Waals surface area contributed by atoms with Gasteiger partial charge in [0, 0.05) is 0 Å². The van der Waals surface area contributed by atoms with E-state index in [-0.39, 0.29) is 0 Å². The van der Waals surface area contributed by atoms with Crippen molar-refractivity contribution in [2.45, 2.75) is 38.3 Å². The van der Waals surface area contributed by atoms with Gasteiger partial charge >= 0.3 is 0 Å². The Balaban J connectivity index is 2.67. The predicted octanol–water partition coefficient (Wildman–Crippen LogP) is 0.409. The molecular weight excluding hydrogens is 286 g/mol. The molecule has 0 fully saturated rings. The van der Waals surface area contributed by atoms with Crippen molar-refractivity contribution in [3.63, 3.8) is 0 Å². The molecule has 0 radical (unpaired) electrons. The van der Waals surface area contributed by atoms with Crippen molar-refractivity contribution in [3.8, 4) is 5.75 Å². The SMILES string of the molecule is CC(Oc1ccc(C(C)C)cc1)C(=O)NC(CO)(CO)CO. The predicted molar refractivity (Wildman–Crippen MR) is 82.8 cm³/mol. The van der Waals surface area contributed by atoms with Crippen molar-refractivity contribution in [2.24, 2.45) is 0 Å². The van der Waals surface area contributed by atoms with Crippen molar-refractivity contribution < 1.29 is 24.9 Å². The third kappa shape index (κ3) is 4.69. The van der Waals surface area contributed by atoms with Crippen LogP contribution in [0, 0.1) is 0 Å². The Labute approximate surface area is 130 Å². The van der Waals surface area contributed by atoms with E-state index in [1.54, 1.807) is 19.1 Å². The molecule has 1 rings (SSSR count). The molecule has 1 amide bonds. The van der Waals surface area contributed by atoms with E-state index >= 15 is 0 Å². The summed E-state index contributed by atoms with van der Waals surface area (Å²) < 4.78 is 5.53. The maximum absolute atomic E-state index is 12.0. The van der Waals surface area contributed by atoms with Gasteiger partial charge in [-0.15, -0.1) is 0 Å². The van der Waals surface area contributed by atoms with Gasteiger partial charge < -0.3 is 25.4 Å². The number of carbonyl (C=O) groups is 1. The lowest BCUT2D eigenvalue weighted by Gasteiger charge is -2.30. The second kappa shape index (κ2) is 8.12. The zero-order valence-corrected chi connectivity index (χ0v) is 13.2. The molecule has 0 heterocycles. The topological polar surface area (TPSA) is 99.0 Å². The summed E-state index contributed by atoms with van der Waals surface area (Å²) in [6.07, 6.45) is -0.825. The fourth-order valence-electron chi connectivity index (χ4n) is 1.82. The maximum atomic E-state index is 12.0. The number of hydrogen-bond acceptors (Lipinski definition) is 5. The molecule has 0 aliphatic heterocycles. The zero-order chi connectivity index (χ0) is 16.8. The molecule has 6 nitrogen and oxygen atoms in total. The number of hydrogen-bond donors (Lipinski definition) is 4. The standard InChI is InChI=1S/C16H25NO5/c1-11(2)13-4-6-14(7-5-13)22-12(3)15(21)17-16(8-18,9-19)10-20/h4-7,11-12,18-20H,8-10H2,1-3H3,(H,17,21). The largest absolute Gasteiger partial charge is 0.481 e. The zero-order valence-electron chi connectivity index (χ0n) is 13.2. The summed E-state index contributed by atoms with van der Waals surface area (Å²) >= 11 is 0. The summed E-state index contributed by atoms with van der Waals surface area (Å²) in [5.41, 5.74) is -0.278. The summed E-state index contributed by atoms with van der Waals surface area (Å²) in [6, 6.07) is 7.45. The maximum Gasteiger partial charge on any atom is 0.261 e. The van der Waals surface area contributed by atoms with Crippen molar-refractivity contribution >= 4 is 5.91 Å². The number of carbonyl (C=O) groups excluding carboxylic acids is 1. The Kier molecular flexibility index (Phi) is 6.80. The number of aliphatic hydroxyl groups excluding tert-OH is 3. The summed E-state index contributed by atoms with van der Waals surface area (Å²) in [7, 11) is 0. The van der Waals surface area contributed by atoms with Crippen molar-refractivity contribution in [1.82, 2.24) is 5.32 Å². The molecule has 0 aliphatic carbocycles. The van der Waals surface area contributed by atoms with Crippen LogP contribution >= 0.6 is 0 Å². The molecule has 1 atom stereocenters. The van der Waals surface area contributed by atoms with Crippen LogP contribution in [-0.4, -0.2) is 52.7 Å². The van der Waals surface area contributed by atoms with Gasteiger partial charge in [-0.25, -0.2) is 0 Å². The van der Waals surface area contributed by atoms with E-state index in [2.05, 4.69) is 19.2 Å². The highest BCUT2D eigenvalue weighted by molar-refractivity contribution is 5.81. The Hall–Kier alpha value is -1.63. The monoisotopic (exact) mass is 311 g/mol. The van der Waals surface area contributed by atoms with E-state index in [1.807, 2.05) is 12.1 Å². The van der Waals surface area contributed by atoms with Crippen molar-refractivity contribution in [1.29, 1.82) is 0 Å². The minimum absolute atomic E-state index is 0.411. The molecule has 1 aromatic rings. The van der Waals surface area contributed by atoms with Gasteiger partial charge in [0.25, 0.3) is 5.91 Å². The number of amides is 1. The van der Waals surface area contributed by atoms with Gasteiger partial charge in [-0.3, -0.25) is 4.79 Å². The lowest BCUT2D eigenvalue weighted by atomic mass is 10.0. The highest BCUT2D eigenvalue weighted by Crippen LogP contribution is 2.19. The van der Waals surface area contributed by atoms with Crippen LogP contribution in [0.15, 0.2) is 24.3 Å². The van der Waals surface area contributed by atoms with Crippen LogP contribution < -0.4 is 10.1 Å². The molecule has 0 saturated carbocycles. The van der Waals surface area contributed by atoms with Gasteiger partial charge in [0.05, 0.1) is 19.8 Å². The van der Waals surface area contributed by atoms with E-state index in [4.69, 9.17) is 4.74 Å². The third-order valence-electron chi connectivity index (χ3n) is 3.53. The Morgan fingerprint density at radius 2 is 1.59 bits per heavy atom. The van der Waals surface area contributed by atoms with Crippen LogP contribution in [0.2, 0.25) is 0 Å². The van der Waals surface area contributed by atoms with Gasteiger partial charge in [0.2, 0.25) is 0 Å². The molecule has 0 aliphatic rings. The molecule has 1 unspecified atom stereocenters. The molecule has 1 aromatic carbocycles. The summed E-state index contributed by atoms with van der Waals surface area (Å²) in [5, 5.41) is 30.0. The van der Waals surface area contributed by atoms with Gasteiger partial charge in [0.1, 0.15) is 11.3 Å². The average Bonchev–Trinajstić information content (AvgIpc) is 2.53. The normalized spacial score (nSPS) is 13.0. The number of aliphatic hydroxyl groups is 3. The summed E-state index contributed by atoms with van der Waals surface area (Å²) in [5.74, 6) is 0.439. The third-order valence-corrected chi connectivity index (χ3v) is 3.53. The number of rotatable bonds is 8.